The molecule has 1 aliphatic heterocycles. The van der Waals surface area contributed by atoms with E-state index in [1.165, 1.54) is 4.90 Å². The van der Waals surface area contributed by atoms with Crippen molar-refractivity contribution >= 4 is 11.8 Å². The van der Waals surface area contributed by atoms with E-state index in [4.69, 9.17) is 4.74 Å². The van der Waals surface area contributed by atoms with E-state index in [0.717, 1.165) is 24.2 Å². The third-order valence-electron chi connectivity index (χ3n) is 3.72. The Morgan fingerprint density at radius 2 is 2.14 bits per heavy atom. The van der Waals surface area contributed by atoms with Crippen molar-refractivity contribution in [2.24, 2.45) is 5.92 Å². The molecule has 5 heteroatoms. The predicted molar refractivity (Wildman–Crippen MR) is 79.7 cm³/mol. The van der Waals surface area contributed by atoms with Crippen molar-refractivity contribution in [3.63, 3.8) is 0 Å². The number of nitrogens with one attached hydrogen (secondary N) is 1. The fraction of sp³-hybridized carbons (Fsp3) is 0.500. The van der Waals surface area contributed by atoms with Gasteiger partial charge in [-0.2, -0.15) is 0 Å². The zero-order valence-electron chi connectivity index (χ0n) is 12.8. The normalized spacial score (nSPS) is 18.4. The van der Waals surface area contributed by atoms with E-state index in [0.29, 0.717) is 12.2 Å². The Kier molecular flexibility index (Phi) is 4.96. The van der Waals surface area contributed by atoms with Gasteiger partial charge in [-0.15, -0.1) is 0 Å². The van der Waals surface area contributed by atoms with Crippen LogP contribution in [0.2, 0.25) is 0 Å². The molecular formula is C16H22N2O3. The van der Waals surface area contributed by atoms with Crippen molar-refractivity contribution in [1.29, 1.82) is 0 Å². The lowest BCUT2D eigenvalue weighted by molar-refractivity contribution is -0.139. The van der Waals surface area contributed by atoms with E-state index < -0.39 is 0 Å². The van der Waals surface area contributed by atoms with Crippen molar-refractivity contribution in [2.75, 3.05) is 13.7 Å². The number of methoxy groups -OCH3 is 1. The van der Waals surface area contributed by atoms with E-state index in [1.54, 1.807) is 14.0 Å². The molecule has 0 saturated carbocycles. The molecule has 0 spiro atoms. The van der Waals surface area contributed by atoms with Gasteiger partial charge in [-0.3, -0.25) is 14.5 Å². The SMILES string of the molecule is CCNCc1ccc(OC)c(CN2C(=O)CC(C)C2=O)c1. The number of ether oxygens (including phenoxy) is 1. The van der Waals surface area contributed by atoms with Crippen LogP contribution in [0.15, 0.2) is 18.2 Å². The number of carbonyl (C=O) groups excluding carboxylic acids is 2. The van der Waals surface area contributed by atoms with Gasteiger partial charge in [0.15, 0.2) is 0 Å². The summed E-state index contributed by atoms with van der Waals surface area (Å²) in [7, 11) is 1.60. The molecule has 1 heterocycles. The number of imide groups is 1. The molecule has 0 aromatic heterocycles. The monoisotopic (exact) mass is 290 g/mol. The number of benzene rings is 1. The van der Waals surface area contributed by atoms with Gasteiger partial charge in [-0.05, 0) is 24.2 Å². The van der Waals surface area contributed by atoms with Gasteiger partial charge in [-0.25, -0.2) is 0 Å². The number of nitrogens with zero attached hydrogens (tertiary/aromatic N) is 1. The highest BCUT2D eigenvalue weighted by molar-refractivity contribution is 6.03. The topological polar surface area (TPSA) is 58.6 Å². The Hall–Kier alpha value is -1.88. The van der Waals surface area contributed by atoms with E-state index in [9.17, 15) is 9.59 Å². The first-order valence-corrected chi connectivity index (χ1v) is 7.27. The van der Waals surface area contributed by atoms with Gasteiger partial charge in [0.1, 0.15) is 5.75 Å². The second-order valence-corrected chi connectivity index (χ2v) is 5.35. The molecule has 1 fully saturated rings. The van der Waals surface area contributed by atoms with Gasteiger partial charge in [0.2, 0.25) is 11.8 Å². The summed E-state index contributed by atoms with van der Waals surface area (Å²) >= 11 is 0. The van der Waals surface area contributed by atoms with Crippen LogP contribution in [0.1, 0.15) is 31.4 Å². The Labute approximate surface area is 125 Å². The average molecular weight is 290 g/mol. The lowest BCUT2D eigenvalue weighted by atomic mass is 10.1. The first kappa shape index (κ1) is 15.5. The van der Waals surface area contributed by atoms with Crippen LogP contribution in [0.4, 0.5) is 0 Å². The molecule has 0 radical (unpaired) electrons. The molecule has 1 aromatic carbocycles. The standard InChI is InChI=1S/C16H22N2O3/c1-4-17-9-12-5-6-14(21-3)13(8-12)10-18-15(19)7-11(2)16(18)20/h5-6,8,11,17H,4,7,9-10H2,1-3H3. The minimum absolute atomic E-state index is 0.0980. The molecule has 2 rings (SSSR count). The number of hydrogen-bond donors (Lipinski definition) is 1. The number of likely N-dealkylation sites (tertiary alicyclic amines) is 1. The van der Waals surface area contributed by atoms with Crippen LogP contribution in [-0.4, -0.2) is 30.4 Å². The molecule has 21 heavy (non-hydrogen) atoms. The fourth-order valence-corrected chi connectivity index (χ4v) is 2.52. The minimum atomic E-state index is -0.214. The summed E-state index contributed by atoms with van der Waals surface area (Å²) < 4.78 is 5.34. The Bertz CT molecular complexity index is 542. The first-order valence-electron chi connectivity index (χ1n) is 7.27. The Balaban J connectivity index is 2.21. The van der Waals surface area contributed by atoms with E-state index >= 15 is 0 Å². The molecule has 1 N–H and O–H groups in total. The number of hydrogen-bond acceptors (Lipinski definition) is 4. The highest BCUT2D eigenvalue weighted by Gasteiger charge is 2.35. The molecule has 1 unspecified atom stereocenters. The number of rotatable bonds is 6. The van der Waals surface area contributed by atoms with Gasteiger partial charge in [0.05, 0.1) is 13.7 Å². The maximum Gasteiger partial charge on any atom is 0.232 e. The summed E-state index contributed by atoms with van der Waals surface area (Å²) in [6, 6.07) is 5.86. The van der Waals surface area contributed by atoms with Crippen molar-refractivity contribution in [3.05, 3.63) is 29.3 Å². The maximum absolute atomic E-state index is 12.0. The zero-order valence-corrected chi connectivity index (χ0v) is 12.8. The lowest BCUT2D eigenvalue weighted by Gasteiger charge is -2.17. The van der Waals surface area contributed by atoms with Gasteiger partial charge in [0, 0.05) is 24.4 Å². The molecule has 1 aliphatic rings. The fourth-order valence-electron chi connectivity index (χ4n) is 2.52. The maximum atomic E-state index is 12.0. The highest BCUT2D eigenvalue weighted by atomic mass is 16.5. The van der Waals surface area contributed by atoms with Gasteiger partial charge in [0.25, 0.3) is 0 Å². The van der Waals surface area contributed by atoms with E-state index in [2.05, 4.69) is 5.32 Å². The smallest absolute Gasteiger partial charge is 0.232 e. The molecule has 0 bridgehead atoms. The quantitative estimate of drug-likeness (QED) is 0.810. The third kappa shape index (κ3) is 3.42. The summed E-state index contributed by atoms with van der Waals surface area (Å²) in [6.45, 7) is 5.77. The van der Waals surface area contributed by atoms with Gasteiger partial charge < -0.3 is 10.1 Å². The summed E-state index contributed by atoms with van der Waals surface area (Å²) in [5.41, 5.74) is 1.98. The van der Waals surface area contributed by atoms with Gasteiger partial charge in [-0.1, -0.05) is 19.9 Å². The second kappa shape index (κ2) is 6.72. The van der Waals surface area contributed by atoms with Crippen LogP contribution in [0.3, 0.4) is 0 Å². The van der Waals surface area contributed by atoms with Crippen molar-refractivity contribution < 1.29 is 14.3 Å². The predicted octanol–water partition coefficient (Wildman–Crippen LogP) is 1.70. The molecule has 1 atom stereocenters. The van der Waals surface area contributed by atoms with Gasteiger partial charge >= 0.3 is 0 Å². The van der Waals surface area contributed by atoms with E-state index in [1.807, 2.05) is 25.1 Å². The summed E-state index contributed by atoms with van der Waals surface area (Å²) in [6.07, 6.45) is 0.304. The summed E-state index contributed by atoms with van der Waals surface area (Å²) in [4.78, 5) is 25.3. The van der Waals surface area contributed by atoms with Crippen LogP contribution in [-0.2, 0) is 22.7 Å². The molecule has 0 aliphatic carbocycles. The first-order chi connectivity index (χ1) is 10.1. The Morgan fingerprint density at radius 3 is 2.71 bits per heavy atom. The summed E-state index contributed by atoms with van der Waals surface area (Å²) in [5.74, 6) is 0.287. The van der Waals surface area contributed by atoms with Crippen molar-refractivity contribution in [3.8, 4) is 5.75 Å². The molecule has 114 valence electrons. The second-order valence-electron chi connectivity index (χ2n) is 5.35. The minimum Gasteiger partial charge on any atom is -0.496 e. The van der Waals surface area contributed by atoms with Crippen molar-refractivity contribution in [1.82, 2.24) is 10.2 Å². The number of carbonyl (C=O) groups is 2. The average Bonchev–Trinajstić information content (AvgIpc) is 2.72. The largest absolute Gasteiger partial charge is 0.496 e. The van der Waals surface area contributed by atoms with Crippen LogP contribution >= 0.6 is 0 Å². The molecule has 1 aromatic rings. The third-order valence-corrected chi connectivity index (χ3v) is 3.72. The molecule has 2 amide bonds. The summed E-state index contributed by atoms with van der Waals surface area (Å²) in [5, 5.41) is 3.26. The zero-order chi connectivity index (χ0) is 15.4. The highest BCUT2D eigenvalue weighted by Crippen LogP contribution is 2.26. The molecule has 5 nitrogen and oxygen atoms in total. The van der Waals surface area contributed by atoms with Crippen LogP contribution < -0.4 is 10.1 Å². The van der Waals surface area contributed by atoms with Crippen LogP contribution in [0, 0.1) is 5.92 Å². The van der Waals surface area contributed by atoms with Crippen molar-refractivity contribution in [2.45, 2.75) is 33.4 Å². The number of amides is 2. The molecule has 1 saturated heterocycles. The Morgan fingerprint density at radius 1 is 1.38 bits per heavy atom. The van der Waals surface area contributed by atoms with E-state index in [-0.39, 0.29) is 24.3 Å². The molecular weight excluding hydrogens is 268 g/mol. The van der Waals surface area contributed by atoms with Crippen LogP contribution in [0.5, 0.6) is 5.75 Å². The van der Waals surface area contributed by atoms with Crippen LogP contribution in [0.25, 0.3) is 0 Å². The lowest BCUT2D eigenvalue weighted by Crippen LogP contribution is -2.30.